The molecule has 2 rings (SSSR count). The molecule has 2 aromatic heterocycles. The molecule has 2 heterocycles. The third-order valence-electron chi connectivity index (χ3n) is 5.61. The second-order valence-corrected chi connectivity index (χ2v) is 8.31. The number of hydrogen-bond donors (Lipinski definition) is 0. The van der Waals surface area contributed by atoms with Gasteiger partial charge in [0, 0.05) is 25.0 Å². The molecule has 0 amide bonds. The summed E-state index contributed by atoms with van der Waals surface area (Å²) >= 11 is 0. The van der Waals surface area contributed by atoms with E-state index in [1.54, 1.807) is 13.8 Å². The molecular formula is C26H38N2O2+2. The first-order valence-electron chi connectivity index (χ1n) is 11.6. The number of pyridine rings is 2. The fourth-order valence-corrected chi connectivity index (χ4v) is 3.74. The number of carbonyl (C=O) groups is 2. The number of Topliss-reactive ketones (excluding diaryl/α,β-unsaturated/α-hetero) is 2. The van der Waals surface area contributed by atoms with Gasteiger partial charge in [-0.25, -0.2) is 9.13 Å². The monoisotopic (exact) mass is 410 g/mol. The van der Waals surface area contributed by atoms with E-state index in [1.807, 2.05) is 49.1 Å². The van der Waals surface area contributed by atoms with E-state index in [-0.39, 0.29) is 11.6 Å². The third-order valence-corrected chi connectivity index (χ3v) is 5.61. The number of aryl methyl sites for hydroxylation is 2. The van der Waals surface area contributed by atoms with Crippen molar-refractivity contribution in [1.82, 2.24) is 0 Å². The first kappa shape index (κ1) is 23.9. The van der Waals surface area contributed by atoms with Gasteiger partial charge in [-0.2, -0.15) is 0 Å². The SMILES string of the molecule is CC(=O)c1ccc[n+](CCCCCCCCCCCC[n+]2cccc(C(C)=O)c2)c1. The highest BCUT2D eigenvalue weighted by Gasteiger charge is 2.07. The van der Waals surface area contributed by atoms with Crippen molar-refractivity contribution < 1.29 is 18.7 Å². The van der Waals surface area contributed by atoms with Crippen molar-refractivity contribution in [2.24, 2.45) is 0 Å². The predicted molar refractivity (Wildman–Crippen MR) is 119 cm³/mol. The van der Waals surface area contributed by atoms with Crippen molar-refractivity contribution in [3.63, 3.8) is 0 Å². The first-order valence-corrected chi connectivity index (χ1v) is 11.6. The van der Waals surface area contributed by atoms with Gasteiger partial charge in [-0.05, 0) is 38.8 Å². The van der Waals surface area contributed by atoms with Crippen LogP contribution in [-0.4, -0.2) is 11.6 Å². The summed E-state index contributed by atoms with van der Waals surface area (Å²) in [6.45, 7) is 5.23. The Labute approximate surface area is 182 Å². The Kier molecular flexibility index (Phi) is 11.0. The lowest BCUT2D eigenvalue weighted by Crippen LogP contribution is -2.33. The van der Waals surface area contributed by atoms with Crippen LogP contribution in [-0.2, 0) is 13.1 Å². The zero-order valence-corrected chi connectivity index (χ0v) is 18.8. The zero-order chi connectivity index (χ0) is 21.6. The van der Waals surface area contributed by atoms with Crippen LogP contribution in [0.5, 0.6) is 0 Å². The van der Waals surface area contributed by atoms with E-state index in [1.165, 1.54) is 64.2 Å². The van der Waals surface area contributed by atoms with E-state index in [0.717, 1.165) is 24.2 Å². The Bertz CT molecular complexity index is 734. The van der Waals surface area contributed by atoms with Gasteiger partial charge < -0.3 is 0 Å². The average molecular weight is 411 g/mol. The quantitative estimate of drug-likeness (QED) is 0.228. The summed E-state index contributed by atoms with van der Waals surface area (Å²) in [4.78, 5) is 22.9. The van der Waals surface area contributed by atoms with Crippen LogP contribution in [0.25, 0.3) is 0 Å². The van der Waals surface area contributed by atoms with Crippen LogP contribution in [0.4, 0.5) is 0 Å². The van der Waals surface area contributed by atoms with Crippen LogP contribution in [0.1, 0.15) is 98.8 Å². The van der Waals surface area contributed by atoms with Gasteiger partial charge in [-0.1, -0.05) is 38.5 Å². The van der Waals surface area contributed by atoms with Gasteiger partial charge in [0.25, 0.3) is 0 Å². The molecule has 0 N–H and O–H groups in total. The van der Waals surface area contributed by atoms with Gasteiger partial charge in [0.2, 0.25) is 0 Å². The van der Waals surface area contributed by atoms with Gasteiger partial charge in [0.05, 0.1) is 11.1 Å². The van der Waals surface area contributed by atoms with Gasteiger partial charge in [0.1, 0.15) is 13.1 Å². The molecule has 0 bridgehead atoms. The van der Waals surface area contributed by atoms with Gasteiger partial charge >= 0.3 is 0 Å². The topological polar surface area (TPSA) is 41.9 Å². The molecule has 0 spiro atoms. The highest BCUT2D eigenvalue weighted by molar-refractivity contribution is 5.93. The Morgan fingerprint density at radius 2 is 0.933 bits per heavy atom. The van der Waals surface area contributed by atoms with E-state index in [2.05, 4.69) is 9.13 Å². The number of rotatable bonds is 15. The molecule has 0 aromatic carbocycles. The lowest BCUT2D eigenvalue weighted by Gasteiger charge is -2.02. The predicted octanol–water partition coefficient (Wildman–Crippen LogP) is 5.27. The van der Waals surface area contributed by atoms with Crippen molar-refractivity contribution in [1.29, 1.82) is 0 Å². The molecule has 0 fully saturated rings. The standard InChI is InChI=1S/C26H38N2O2/c1-23(29)25-15-13-19-27(21-25)17-11-9-7-5-3-4-6-8-10-12-18-28-20-14-16-26(22-28)24(2)30/h13-16,19-22H,3-12,17-18H2,1-2H3/q+2. The molecular weight excluding hydrogens is 372 g/mol. The molecule has 0 saturated carbocycles. The van der Waals surface area contributed by atoms with Crippen molar-refractivity contribution in [3.8, 4) is 0 Å². The number of unbranched alkanes of at least 4 members (excludes halogenated alkanes) is 9. The second-order valence-electron chi connectivity index (χ2n) is 8.31. The number of aromatic nitrogens is 2. The Morgan fingerprint density at radius 3 is 1.27 bits per heavy atom. The molecule has 0 aliphatic carbocycles. The van der Waals surface area contributed by atoms with Crippen LogP contribution in [0.2, 0.25) is 0 Å². The maximum Gasteiger partial charge on any atom is 0.179 e. The van der Waals surface area contributed by atoms with E-state index in [9.17, 15) is 9.59 Å². The number of carbonyl (C=O) groups excluding carboxylic acids is 2. The summed E-state index contributed by atoms with van der Waals surface area (Å²) in [6, 6.07) is 7.67. The molecule has 0 aliphatic rings. The molecule has 4 nitrogen and oxygen atoms in total. The van der Waals surface area contributed by atoms with Crippen molar-refractivity contribution >= 4 is 11.6 Å². The van der Waals surface area contributed by atoms with Crippen LogP contribution < -0.4 is 9.13 Å². The minimum atomic E-state index is 0.130. The Morgan fingerprint density at radius 1 is 0.600 bits per heavy atom. The Balaban J connectivity index is 1.42. The fraction of sp³-hybridized carbons (Fsp3) is 0.538. The molecule has 0 aliphatic heterocycles. The maximum absolute atomic E-state index is 11.4. The highest BCUT2D eigenvalue weighted by Crippen LogP contribution is 2.11. The van der Waals surface area contributed by atoms with Crippen LogP contribution in [0.15, 0.2) is 49.1 Å². The lowest BCUT2D eigenvalue weighted by molar-refractivity contribution is -0.697. The summed E-state index contributed by atoms with van der Waals surface area (Å²) in [5.41, 5.74) is 1.58. The molecule has 0 atom stereocenters. The van der Waals surface area contributed by atoms with E-state index < -0.39 is 0 Å². The van der Waals surface area contributed by atoms with Gasteiger partial charge in [-0.3, -0.25) is 9.59 Å². The fourth-order valence-electron chi connectivity index (χ4n) is 3.74. The van der Waals surface area contributed by atoms with Crippen LogP contribution in [0, 0.1) is 0 Å². The average Bonchev–Trinajstić information content (AvgIpc) is 2.75. The largest absolute Gasteiger partial charge is 0.294 e. The summed E-state index contributed by atoms with van der Waals surface area (Å²) < 4.78 is 4.26. The number of ketones is 2. The number of hydrogen-bond acceptors (Lipinski definition) is 2. The van der Waals surface area contributed by atoms with Crippen molar-refractivity contribution in [2.75, 3.05) is 0 Å². The summed E-state index contributed by atoms with van der Waals surface area (Å²) in [5, 5.41) is 0. The normalized spacial score (nSPS) is 10.9. The molecule has 0 radical (unpaired) electrons. The third kappa shape index (κ3) is 9.43. The smallest absolute Gasteiger partial charge is 0.179 e. The minimum absolute atomic E-state index is 0.130. The second kappa shape index (κ2) is 13.8. The zero-order valence-electron chi connectivity index (χ0n) is 18.8. The number of nitrogens with zero attached hydrogens (tertiary/aromatic N) is 2. The van der Waals surface area contributed by atoms with E-state index in [4.69, 9.17) is 0 Å². The van der Waals surface area contributed by atoms with Gasteiger partial charge in [0.15, 0.2) is 36.4 Å². The molecule has 0 unspecified atom stereocenters. The van der Waals surface area contributed by atoms with Crippen molar-refractivity contribution in [2.45, 2.75) is 91.1 Å². The highest BCUT2D eigenvalue weighted by atomic mass is 16.1. The molecule has 4 heteroatoms. The first-order chi connectivity index (χ1) is 14.6. The summed E-state index contributed by atoms with van der Waals surface area (Å²) in [7, 11) is 0. The van der Waals surface area contributed by atoms with Crippen LogP contribution in [0.3, 0.4) is 0 Å². The Hall–Kier alpha value is -2.36. The molecule has 2 aromatic rings. The minimum Gasteiger partial charge on any atom is -0.294 e. The van der Waals surface area contributed by atoms with E-state index >= 15 is 0 Å². The van der Waals surface area contributed by atoms with Crippen LogP contribution >= 0.6 is 0 Å². The maximum atomic E-state index is 11.4. The molecule has 0 saturated heterocycles. The summed E-state index contributed by atoms with van der Waals surface area (Å²) in [6.07, 6.45) is 20.8. The van der Waals surface area contributed by atoms with E-state index in [0.29, 0.717) is 0 Å². The summed E-state index contributed by atoms with van der Waals surface area (Å²) in [5.74, 6) is 0.260. The van der Waals surface area contributed by atoms with Crippen molar-refractivity contribution in [3.05, 3.63) is 60.2 Å². The lowest BCUT2D eigenvalue weighted by atomic mass is 10.1. The molecule has 162 valence electrons. The molecule has 30 heavy (non-hydrogen) atoms. The van der Waals surface area contributed by atoms with Gasteiger partial charge in [-0.15, -0.1) is 0 Å².